The average molecular weight is 270 g/mol. The Morgan fingerprint density at radius 2 is 2.00 bits per heavy atom. The van der Waals surface area contributed by atoms with Crippen molar-refractivity contribution in [3.05, 3.63) is 0 Å². The maximum atomic E-state index is 10.3. The maximum Gasteiger partial charge on any atom is 0.0746 e. The van der Waals surface area contributed by atoms with E-state index in [-0.39, 0.29) is 0 Å². The van der Waals surface area contributed by atoms with Gasteiger partial charge in [0.25, 0.3) is 0 Å². The van der Waals surface area contributed by atoms with Crippen LogP contribution in [0.3, 0.4) is 0 Å². The van der Waals surface area contributed by atoms with E-state index in [1.54, 1.807) is 0 Å². The SMILES string of the molecule is CCNCC1(CN2CCCC(C)(O)C2)CCOCC1. The van der Waals surface area contributed by atoms with E-state index in [0.29, 0.717) is 5.41 Å². The number of likely N-dealkylation sites (tertiary alicyclic amines) is 1. The summed E-state index contributed by atoms with van der Waals surface area (Å²) >= 11 is 0. The van der Waals surface area contributed by atoms with Gasteiger partial charge in [0.05, 0.1) is 5.60 Å². The molecule has 0 bridgehead atoms. The van der Waals surface area contributed by atoms with Gasteiger partial charge >= 0.3 is 0 Å². The lowest BCUT2D eigenvalue weighted by molar-refractivity contribution is -0.0495. The van der Waals surface area contributed by atoms with Crippen LogP contribution in [0.5, 0.6) is 0 Å². The Hall–Kier alpha value is -0.160. The summed E-state index contributed by atoms with van der Waals surface area (Å²) in [7, 11) is 0. The Balaban J connectivity index is 1.94. The predicted molar refractivity (Wildman–Crippen MR) is 77.3 cm³/mol. The van der Waals surface area contributed by atoms with Gasteiger partial charge in [0, 0.05) is 32.8 Å². The van der Waals surface area contributed by atoms with Gasteiger partial charge in [0.15, 0.2) is 0 Å². The molecule has 1 unspecified atom stereocenters. The van der Waals surface area contributed by atoms with Crippen molar-refractivity contribution in [1.29, 1.82) is 0 Å². The van der Waals surface area contributed by atoms with Crippen molar-refractivity contribution >= 4 is 0 Å². The van der Waals surface area contributed by atoms with Crippen LogP contribution in [0.2, 0.25) is 0 Å². The van der Waals surface area contributed by atoms with Crippen LogP contribution in [0, 0.1) is 5.41 Å². The Morgan fingerprint density at radius 3 is 2.63 bits per heavy atom. The lowest BCUT2D eigenvalue weighted by atomic mass is 9.78. The summed E-state index contributed by atoms with van der Waals surface area (Å²) < 4.78 is 5.54. The first-order valence-electron chi connectivity index (χ1n) is 7.79. The van der Waals surface area contributed by atoms with Crippen molar-refractivity contribution in [3.63, 3.8) is 0 Å². The largest absolute Gasteiger partial charge is 0.389 e. The van der Waals surface area contributed by atoms with Crippen LogP contribution in [-0.4, -0.2) is 61.5 Å². The molecule has 0 amide bonds. The van der Waals surface area contributed by atoms with E-state index < -0.39 is 5.60 Å². The van der Waals surface area contributed by atoms with Crippen LogP contribution in [0.1, 0.15) is 39.5 Å². The van der Waals surface area contributed by atoms with E-state index in [0.717, 1.165) is 71.6 Å². The smallest absolute Gasteiger partial charge is 0.0746 e. The fourth-order valence-electron chi connectivity index (χ4n) is 3.52. The number of ether oxygens (including phenoxy) is 1. The number of rotatable bonds is 5. The van der Waals surface area contributed by atoms with Gasteiger partial charge in [-0.25, -0.2) is 0 Å². The molecule has 1 atom stereocenters. The molecule has 0 aromatic rings. The molecular formula is C15H30N2O2. The van der Waals surface area contributed by atoms with Crippen molar-refractivity contribution in [3.8, 4) is 0 Å². The third-order valence-corrected chi connectivity index (χ3v) is 4.62. The molecular weight excluding hydrogens is 240 g/mol. The zero-order valence-corrected chi connectivity index (χ0v) is 12.6. The lowest BCUT2D eigenvalue weighted by Gasteiger charge is -2.45. The molecule has 4 nitrogen and oxygen atoms in total. The molecule has 2 aliphatic rings. The lowest BCUT2D eigenvalue weighted by Crippen LogP contribution is -2.53. The summed E-state index contributed by atoms with van der Waals surface area (Å²) in [4.78, 5) is 2.46. The van der Waals surface area contributed by atoms with Gasteiger partial charge in [0.1, 0.15) is 0 Å². The van der Waals surface area contributed by atoms with Crippen molar-refractivity contribution in [2.75, 3.05) is 45.9 Å². The van der Waals surface area contributed by atoms with Crippen LogP contribution in [0.15, 0.2) is 0 Å². The van der Waals surface area contributed by atoms with Gasteiger partial charge in [-0.05, 0) is 51.1 Å². The van der Waals surface area contributed by atoms with E-state index in [4.69, 9.17) is 4.74 Å². The van der Waals surface area contributed by atoms with Gasteiger partial charge in [0.2, 0.25) is 0 Å². The molecule has 0 saturated carbocycles. The molecule has 19 heavy (non-hydrogen) atoms. The number of hydrogen-bond acceptors (Lipinski definition) is 4. The normalized spacial score (nSPS) is 32.4. The van der Waals surface area contributed by atoms with Crippen LogP contribution in [0.25, 0.3) is 0 Å². The molecule has 0 spiro atoms. The van der Waals surface area contributed by atoms with Crippen molar-refractivity contribution in [2.45, 2.75) is 45.1 Å². The number of nitrogens with zero attached hydrogens (tertiary/aromatic N) is 1. The van der Waals surface area contributed by atoms with Crippen LogP contribution in [-0.2, 0) is 4.74 Å². The number of nitrogens with one attached hydrogen (secondary N) is 1. The number of hydrogen-bond donors (Lipinski definition) is 2. The van der Waals surface area contributed by atoms with Gasteiger partial charge in [-0.1, -0.05) is 6.92 Å². The summed E-state index contributed by atoms with van der Waals surface area (Å²) in [6, 6.07) is 0. The zero-order valence-electron chi connectivity index (χ0n) is 12.6. The van der Waals surface area contributed by atoms with E-state index in [1.165, 1.54) is 0 Å². The second kappa shape index (κ2) is 6.53. The summed E-state index contributed by atoms with van der Waals surface area (Å²) in [5.41, 5.74) is -0.162. The monoisotopic (exact) mass is 270 g/mol. The second-order valence-electron chi connectivity index (χ2n) is 6.70. The van der Waals surface area contributed by atoms with E-state index in [1.807, 2.05) is 6.92 Å². The van der Waals surface area contributed by atoms with Gasteiger partial charge in [-0.3, -0.25) is 4.90 Å². The molecule has 0 radical (unpaired) electrons. The molecule has 2 rings (SSSR count). The number of β-amino-alcohol motifs (C(OH)–C–C–N with tert-alkyl or cyclic N) is 1. The predicted octanol–water partition coefficient (Wildman–Crippen LogP) is 1.24. The standard InChI is InChI=1S/C15H30N2O2/c1-3-16-11-15(6-9-19-10-7-15)13-17-8-4-5-14(2,18)12-17/h16,18H,3-13H2,1-2H3. The Labute approximate surface area is 117 Å². The highest BCUT2D eigenvalue weighted by Crippen LogP contribution is 2.33. The van der Waals surface area contributed by atoms with Crippen molar-refractivity contribution in [2.24, 2.45) is 5.41 Å². The minimum Gasteiger partial charge on any atom is -0.389 e. The van der Waals surface area contributed by atoms with Gasteiger partial charge in [-0.15, -0.1) is 0 Å². The Bertz CT molecular complexity index is 275. The molecule has 0 aromatic heterocycles. The molecule has 112 valence electrons. The molecule has 2 heterocycles. The second-order valence-corrected chi connectivity index (χ2v) is 6.70. The fourth-order valence-corrected chi connectivity index (χ4v) is 3.52. The van der Waals surface area contributed by atoms with Gasteiger partial charge in [-0.2, -0.15) is 0 Å². The molecule has 2 N–H and O–H groups in total. The average Bonchev–Trinajstić information content (AvgIpc) is 2.36. The van der Waals surface area contributed by atoms with Crippen LogP contribution < -0.4 is 5.32 Å². The first-order valence-corrected chi connectivity index (χ1v) is 7.79. The molecule has 2 saturated heterocycles. The Morgan fingerprint density at radius 1 is 1.26 bits per heavy atom. The Kier molecular flexibility index (Phi) is 5.23. The molecule has 0 aromatic carbocycles. The van der Waals surface area contributed by atoms with Crippen LogP contribution in [0.4, 0.5) is 0 Å². The van der Waals surface area contributed by atoms with Gasteiger partial charge < -0.3 is 15.2 Å². The molecule has 4 heteroatoms. The maximum absolute atomic E-state index is 10.3. The number of aliphatic hydroxyl groups is 1. The highest BCUT2D eigenvalue weighted by Gasteiger charge is 2.37. The minimum atomic E-state index is -0.497. The van der Waals surface area contributed by atoms with E-state index in [2.05, 4.69) is 17.1 Å². The van der Waals surface area contributed by atoms with E-state index >= 15 is 0 Å². The van der Waals surface area contributed by atoms with E-state index in [9.17, 15) is 5.11 Å². The summed E-state index contributed by atoms with van der Waals surface area (Å²) in [6.07, 6.45) is 4.32. The highest BCUT2D eigenvalue weighted by atomic mass is 16.5. The summed E-state index contributed by atoms with van der Waals surface area (Å²) in [5, 5.41) is 13.8. The minimum absolute atomic E-state index is 0.335. The molecule has 2 fully saturated rings. The van der Waals surface area contributed by atoms with Crippen molar-refractivity contribution < 1.29 is 9.84 Å². The topological polar surface area (TPSA) is 44.7 Å². The van der Waals surface area contributed by atoms with Crippen LogP contribution >= 0.6 is 0 Å². The fraction of sp³-hybridized carbons (Fsp3) is 1.00. The zero-order chi connectivity index (χ0) is 13.8. The summed E-state index contributed by atoms with van der Waals surface area (Å²) in [6.45, 7) is 11.1. The summed E-state index contributed by atoms with van der Waals surface area (Å²) in [5.74, 6) is 0. The quantitative estimate of drug-likeness (QED) is 0.789. The molecule has 0 aliphatic carbocycles. The third-order valence-electron chi connectivity index (χ3n) is 4.62. The number of piperidine rings is 1. The van der Waals surface area contributed by atoms with Crippen molar-refractivity contribution in [1.82, 2.24) is 10.2 Å². The third kappa shape index (κ3) is 4.42. The first-order chi connectivity index (χ1) is 9.05. The first kappa shape index (κ1) is 15.2. The molecule has 2 aliphatic heterocycles. The highest BCUT2D eigenvalue weighted by molar-refractivity contribution is 4.91.